The van der Waals surface area contributed by atoms with Crippen molar-refractivity contribution in [3.05, 3.63) is 65.5 Å². The zero-order valence-corrected chi connectivity index (χ0v) is 16.6. The largest absolute Gasteiger partial charge is 0.378 e. The lowest BCUT2D eigenvalue weighted by Crippen LogP contribution is -2.42. The molecule has 2 aromatic carbocycles. The Bertz CT molecular complexity index is 871. The molecule has 0 radical (unpaired) electrons. The molecule has 1 fully saturated rings. The predicted molar refractivity (Wildman–Crippen MR) is 112 cm³/mol. The average Bonchev–Trinajstić information content (AvgIpc) is 2.74. The normalized spacial score (nSPS) is 14.8. The minimum Gasteiger partial charge on any atom is -0.378 e. The highest BCUT2D eigenvalue weighted by molar-refractivity contribution is 5.94. The molecule has 0 unspecified atom stereocenters. The van der Waals surface area contributed by atoms with E-state index in [0.29, 0.717) is 31.5 Å². The molecule has 2 amide bonds. The fraction of sp³-hybridized carbons (Fsp3) is 0.318. The molecule has 0 spiro atoms. The Labute approximate surface area is 170 Å². The molecule has 0 aliphatic carbocycles. The number of nitrogens with zero attached hydrogens (tertiary/aromatic N) is 3. The van der Waals surface area contributed by atoms with Crippen molar-refractivity contribution in [3.63, 3.8) is 0 Å². The van der Waals surface area contributed by atoms with Gasteiger partial charge in [-0.25, -0.2) is 9.82 Å². The first-order valence-corrected chi connectivity index (χ1v) is 9.59. The zero-order valence-electron chi connectivity index (χ0n) is 16.6. The summed E-state index contributed by atoms with van der Waals surface area (Å²) in [7, 11) is 3.95. The van der Waals surface area contributed by atoms with Gasteiger partial charge >= 0.3 is 0 Å². The smallest absolute Gasteiger partial charge is 0.253 e. The molecule has 6 nitrogen and oxygen atoms in total. The molecule has 1 aliphatic heterocycles. The van der Waals surface area contributed by atoms with Gasteiger partial charge in [-0.15, -0.1) is 0 Å². The standard InChI is InChI=1S/C22H25FN4O2/c1-26(2)20-9-3-16(4-10-20)15-24-25-21(28)17-11-13-27(14-12-17)22(29)18-5-7-19(23)8-6-18/h3-10,15,17H,11-14H2,1-2H3,(H,25,28)/b24-15+. The van der Waals surface area contributed by atoms with Crippen molar-refractivity contribution in [2.75, 3.05) is 32.1 Å². The van der Waals surface area contributed by atoms with Crippen LogP contribution in [-0.4, -0.2) is 50.1 Å². The van der Waals surface area contributed by atoms with Crippen molar-refractivity contribution in [1.82, 2.24) is 10.3 Å². The van der Waals surface area contributed by atoms with E-state index in [9.17, 15) is 14.0 Å². The second-order valence-corrected chi connectivity index (χ2v) is 7.29. The van der Waals surface area contributed by atoms with Gasteiger partial charge in [0.15, 0.2) is 0 Å². The van der Waals surface area contributed by atoms with E-state index < -0.39 is 0 Å². The topological polar surface area (TPSA) is 65.0 Å². The molecule has 2 aromatic rings. The van der Waals surface area contributed by atoms with E-state index >= 15 is 0 Å². The third kappa shape index (κ3) is 5.40. The van der Waals surface area contributed by atoms with E-state index in [2.05, 4.69) is 10.5 Å². The van der Waals surface area contributed by atoms with Crippen molar-refractivity contribution in [2.24, 2.45) is 11.0 Å². The molecule has 0 atom stereocenters. The zero-order chi connectivity index (χ0) is 20.8. The number of hydrazone groups is 1. The Morgan fingerprint density at radius 3 is 2.28 bits per heavy atom. The lowest BCUT2D eigenvalue weighted by molar-refractivity contribution is -0.126. The summed E-state index contributed by atoms with van der Waals surface area (Å²) in [6.45, 7) is 0.980. The van der Waals surface area contributed by atoms with Gasteiger partial charge in [-0.3, -0.25) is 9.59 Å². The van der Waals surface area contributed by atoms with Gasteiger partial charge in [0.2, 0.25) is 5.91 Å². The maximum atomic E-state index is 13.0. The number of amides is 2. The Morgan fingerprint density at radius 1 is 1.07 bits per heavy atom. The van der Waals surface area contributed by atoms with Gasteiger partial charge in [-0.2, -0.15) is 5.10 Å². The lowest BCUT2D eigenvalue weighted by Gasteiger charge is -2.31. The number of carbonyl (C=O) groups excluding carboxylic acids is 2. The van der Waals surface area contributed by atoms with E-state index in [0.717, 1.165) is 11.3 Å². The Kier molecular flexibility index (Phi) is 6.59. The SMILES string of the molecule is CN(C)c1ccc(/C=N/NC(=O)C2CCN(C(=O)c3ccc(F)cc3)CC2)cc1. The van der Waals surface area contributed by atoms with Crippen LogP contribution in [0.4, 0.5) is 10.1 Å². The number of halogens is 1. The summed E-state index contributed by atoms with van der Waals surface area (Å²) < 4.78 is 13.0. The summed E-state index contributed by atoms with van der Waals surface area (Å²) in [5.74, 6) is -0.824. The molecular weight excluding hydrogens is 371 g/mol. The molecule has 3 rings (SSSR count). The first kappa shape index (κ1) is 20.5. The van der Waals surface area contributed by atoms with E-state index in [1.807, 2.05) is 43.3 Å². The Balaban J connectivity index is 1.47. The molecule has 0 bridgehead atoms. The molecule has 29 heavy (non-hydrogen) atoms. The number of piperidine rings is 1. The number of carbonyl (C=O) groups is 2. The van der Waals surface area contributed by atoms with Gasteiger partial charge in [0.1, 0.15) is 5.82 Å². The quantitative estimate of drug-likeness (QED) is 0.624. The number of rotatable bonds is 5. The fourth-order valence-corrected chi connectivity index (χ4v) is 3.24. The third-order valence-electron chi connectivity index (χ3n) is 5.04. The fourth-order valence-electron chi connectivity index (χ4n) is 3.24. The van der Waals surface area contributed by atoms with Gasteiger partial charge in [0.25, 0.3) is 5.91 Å². The van der Waals surface area contributed by atoms with Crippen LogP contribution in [0.15, 0.2) is 53.6 Å². The number of likely N-dealkylation sites (tertiary alicyclic amines) is 1. The molecule has 7 heteroatoms. The summed E-state index contributed by atoms with van der Waals surface area (Å²) in [6, 6.07) is 13.4. The van der Waals surface area contributed by atoms with E-state index in [1.54, 1.807) is 11.1 Å². The summed E-state index contributed by atoms with van der Waals surface area (Å²) >= 11 is 0. The highest BCUT2D eigenvalue weighted by atomic mass is 19.1. The van der Waals surface area contributed by atoms with Gasteiger partial charge in [0, 0.05) is 44.4 Å². The van der Waals surface area contributed by atoms with E-state index in [4.69, 9.17) is 0 Å². The number of hydrogen-bond donors (Lipinski definition) is 1. The van der Waals surface area contributed by atoms with Crippen LogP contribution >= 0.6 is 0 Å². The van der Waals surface area contributed by atoms with Crippen LogP contribution in [0.3, 0.4) is 0 Å². The summed E-state index contributed by atoms with van der Waals surface area (Å²) in [6.07, 6.45) is 2.77. The van der Waals surface area contributed by atoms with Crippen molar-refractivity contribution < 1.29 is 14.0 Å². The van der Waals surface area contributed by atoms with Crippen LogP contribution in [0.25, 0.3) is 0 Å². The second kappa shape index (κ2) is 9.32. The highest BCUT2D eigenvalue weighted by Crippen LogP contribution is 2.19. The Hall–Kier alpha value is -3.22. The summed E-state index contributed by atoms with van der Waals surface area (Å²) in [4.78, 5) is 28.5. The van der Waals surface area contributed by atoms with Crippen LogP contribution in [-0.2, 0) is 4.79 Å². The summed E-state index contributed by atoms with van der Waals surface area (Å²) in [5, 5.41) is 4.05. The molecule has 152 valence electrons. The van der Waals surface area contributed by atoms with E-state index in [1.165, 1.54) is 24.3 Å². The third-order valence-corrected chi connectivity index (χ3v) is 5.04. The maximum Gasteiger partial charge on any atom is 0.253 e. The van der Waals surface area contributed by atoms with Crippen LogP contribution in [0.2, 0.25) is 0 Å². The molecule has 1 N–H and O–H groups in total. The number of anilines is 1. The Morgan fingerprint density at radius 2 is 1.69 bits per heavy atom. The molecule has 1 heterocycles. The molecule has 0 aromatic heterocycles. The van der Waals surface area contributed by atoms with Gasteiger partial charge in [-0.1, -0.05) is 12.1 Å². The van der Waals surface area contributed by atoms with Crippen molar-refractivity contribution in [2.45, 2.75) is 12.8 Å². The first-order valence-electron chi connectivity index (χ1n) is 9.59. The minimum absolute atomic E-state index is 0.136. The maximum absolute atomic E-state index is 13.0. The van der Waals surface area contributed by atoms with Crippen LogP contribution < -0.4 is 10.3 Å². The van der Waals surface area contributed by atoms with Crippen LogP contribution in [0, 0.1) is 11.7 Å². The van der Waals surface area contributed by atoms with Crippen LogP contribution in [0.1, 0.15) is 28.8 Å². The molecule has 1 saturated heterocycles. The monoisotopic (exact) mass is 396 g/mol. The van der Waals surface area contributed by atoms with Gasteiger partial charge < -0.3 is 9.80 Å². The van der Waals surface area contributed by atoms with E-state index in [-0.39, 0.29) is 23.5 Å². The molecular formula is C22H25FN4O2. The van der Waals surface area contributed by atoms with Gasteiger partial charge in [-0.05, 0) is 54.8 Å². The number of nitrogens with one attached hydrogen (secondary N) is 1. The molecule has 0 saturated carbocycles. The average molecular weight is 396 g/mol. The number of benzene rings is 2. The van der Waals surface area contributed by atoms with Crippen molar-refractivity contribution in [3.8, 4) is 0 Å². The highest BCUT2D eigenvalue weighted by Gasteiger charge is 2.27. The van der Waals surface area contributed by atoms with Crippen molar-refractivity contribution >= 4 is 23.7 Å². The second-order valence-electron chi connectivity index (χ2n) is 7.29. The van der Waals surface area contributed by atoms with Crippen molar-refractivity contribution in [1.29, 1.82) is 0 Å². The van der Waals surface area contributed by atoms with Gasteiger partial charge in [0.05, 0.1) is 6.21 Å². The lowest BCUT2D eigenvalue weighted by atomic mass is 9.95. The molecule has 1 aliphatic rings. The van der Waals surface area contributed by atoms with Crippen LogP contribution in [0.5, 0.6) is 0 Å². The summed E-state index contributed by atoms with van der Waals surface area (Å²) in [5.41, 5.74) is 5.04. The predicted octanol–water partition coefficient (Wildman–Crippen LogP) is 2.89. The minimum atomic E-state index is -0.369. The number of hydrogen-bond acceptors (Lipinski definition) is 4. The first-order chi connectivity index (χ1) is 13.9.